The first-order valence-corrected chi connectivity index (χ1v) is 14.6. The van der Waals surface area contributed by atoms with E-state index in [0.29, 0.717) is 19.3 Å². The fraction of sp³-hybridized carbons (Fsp3) is 0.931. The van der Waals surface area contributed by atoms with Gasteiger partial charge in [-0.25, -0.2) is 0 Å². The quantitative estimate of drug-likeness (QED) is 0.119. The topological polar surface area (TPSA) is 67.2 Å². The van der Waals surface area contributed by atoms with E-state index in [1.165, 1.54) is 109 Å². The van der Waals surface area contributed by atoms with Crippen LogP contribution in [-0.2, 0) is 14.3 Å². The molecule has 0 spiro atoms. The summed E-state index contributed by atoms with van der Waals surface area (Å²) in [4.78, 5) is 23.8. The summed E-state index contributed by atoms with van der Waals surface area (Å²) in [5.74, 6) is -1.01. The van der Waals surface area contributed by atoms with E-state index in [0.717, 1.165) is 32.1 Å². The minimum absolute atomic E-state index is 0.288. The second-order valence-electron chi connectivity index (χ2n) is 10.5. The van der Waals surface area contributed by atoms with Gasteiger partial charge in [-0.05, 0) is 32.1 Å². The van der Waals surface area contributed by atoms with Gasteiger partial charge in [-0.15, -0.1) is 0 Å². The lowest BCUT2D eigenvalue weighted by atomic mass is 9.84. The van der Waals surface area contributed by atoms with Crippen LogP contribution in [0.5, 0.6) is 0 Å². The Morgan fingerprint density at radius 3 is 1.33 bits per heavy atom. The van der Waals surface area contributed by atoms with Crippen molar-refractivity contribution in [1.82, 2.24) is 5.73 Å². The number of esters is 1. The number of carbonyl (C=O) groups is 2. The van der Waals surface area contributed by atoms with E-state index in [4.69, 9.17) is 10.5 Å². The Bertz CT molecular complexity index is 485. The number of carbonyl (C=O) groups excluding carboxylic acids is 2. The number of amides is 1. The molecule has 1 saturated carbocycles. The van der Waals surface area contributed by atoms with Crippen molar-refractivity contribution in [1.29, 1.82) is 0 Å². The number of hydrogen-bond acceptors (Lipinski definition) is 3. The number of rotatable bonds is 22. The molecule has 0 aromatic heterocycles. The molecule has 1 fully saturated rings. The van der Waals surface area contributed by atoms with E-state index in [-0.39, 0.29) is 5.97 Å². The lowest BCUT2D eigenvalue weighted by Gasteiger charge is -2.33. The average Bonchev–Trinajstić information content (AvgIpc) is 2.81. The molecule has 193 valence electrons. The zero-order chi connectivity index (χ0) is 24.0. The van der Waals surface area contributed by atoms with Gasteiger partial charge in [0.25, 0.3) is 5.91 Å². The standard InChI is InChI=1S/C29H54NO3/c1-2-3-4-5-6-7-8-9-10-11-12-13-14-15-16-17-18-19-21-24-27(31)33-29(28(30)32)25-22-20-23-26-29/h30H,2-26H2,1H3. The van der Waals surface area contributed by atoms with E-state index >= 15 is 0 Å². The second kappa shape index (κ2) is 20.3. The molecule has 0 aromatic rings. The van der Waals surface area contributed by atoms with Crippen LogP contribution in [0.1, 0.15) is 167 Å². The van der Waals surface area contributed by atoms with Crippen LogP contribution >= 0.6 is 0 Å². The van der Waals surface area contributed by atoms with Crippen LogP contribution in [0, 0.1) is 0 Å². The van der Waals surface area contributed by atoms with Gasteiger partial charge in [0.1, 0.15) is 0 Å². The summed E-state index contributed by atoms with van der Waals surface area (Å²) in [5.41, 5.74) is 6.38. The summed E-state index contributed by atoms with van der Waals surface area (Å²) in [6, 6.07) is 0. The maximum absolute atomic E-state index is 12.1. The summed E-state index contributed by atoms with van der Waals surface area (Å²) in [6.45, 7) is 2.28. The molecule has 1 aliphatic carbocycles. The van der Waals surface area contributed by atoms with E-state index in [9.17, 15) is 9.59 Å². The molecule has 1 N–H and O–H groups in total. The van der Waals surface area contributed by atoms with Crippen LogP contribution < -0.4 is 5.73 Å². The molecular weight excluding hydrogens is 410 g/mol. The molecule has 33 heavy (non-hydrogen) atoms. The third-order valence-corrected chi connectivity index (χ3v) is 7.37. The van der Waals surface area contributed by atoms with Crippen molar-refractivity contribution < 1.29 is 14.3 Å². The van der Waals surface area contributed by atoms with Gasteiger partial charge >= 0.3 is 5.97 Å². The lowest BCUT2D eigenvalue weighted by Crippen LogP contribution is -2.45. The van der Waals surface area contributed by atoms with Crippen molar-refractivity contribution in [2.75, 3.05) is 0 Å². The van der Waals surface area contributed by atoms with Crippen molar-refractivity contribution >= 4 is 11.9 Å². The van der Waals surface area contributed by atoms with Crippen LogP contribution in [0.3, 0.4) is 0 Å². The maximum Gasteiger partial charge on any atom is 0.306 e. The number of hydrogen-bond donors (Lipinski definition) is 0. The highest BCUT2D eigenvalue weighted by molar-refractivity contribution is 5.86. The molecule has 4 heteroatoms. The maximum atomic E-state index is 12.1. The van der Waals surface area contributed by atoms with Gasteiger partial charge in [-0.1, -0.05) is 129 Å². The van der Waals surface area contributed by atoms with Gasteiger partial charge in [0.2, 0.25) is 0 Å². The first-order valence-electron chi connectivity index (χ1n) is 14.6. The predicted molar refractivity (Wildman–Crippen MR) is 138 cm³/mol. The van der Waals surface area contributed by atoms with Crippen molar-refractivity contribution in [3.05, 3.63) is 0 Å². The summed E-state index contributed by atoms with van der Waals surface area (Å²) in [7, 11) is 0. The van der Waals surface area contributed by atoms with Crippen molar-refractivity contribution in [2.45, 2.75) is 173 Å². The molecule has 0 unspecified atom stereocenters. The molecule has 4 nitrogen and oxygen atoms in total. The van der Waals surface area contributed by atoms with E-state index < -0.39 is 11.5 Å². The number of unbranched alkanes of at least 4 members (excludes halogenated alkanes) is 18. The first kappa shape index (κ1) is 30.0. The largest absolute Gasteiger partial charge is 0.449 e. The zero-order valence-electron chi connectivity index (χ0n) is 21.9. The summed E-state index contributed by atoms with van der Waals surface area (Å²) < 4.78 is 5.50. The highest BCUT2D eigenvalue weighted by atomic mass is 16.6. The van der Waals surface area contributed by atoms with Gasteiger partial charge in [0.15, 0.2) is 5.60 Å². The van der Waals surface area contributed by atoms with Gasteiger partial charge in [0.05, 0.1) is 0 Å². The molecular formula is C29H54NO3. The molecule has 0 aliphatic heterocycles. The van der Waals surface area contributed by atoms with Crippen LogP contribution in [0.4, 0.5) is 0 Å². The van der Waals surface area contributed by atoms with Crippen LogP contribution in [0.15, 0.2) is 0 Å². The molecule has 0 aromatic carbocycles. The second-order valence-corrected chi connectivity index (χ2v) is 10.5. The molecule has 1 amide bonds. The highest BCUT2D eigenvalue weighted by Gasteiger charge is 2.42. The Morgan fingerprint density at radius 1 is 0.606 bits per heavy atom. The zero-order valence-corrected chi connectivity index (χ0v) is 21.9. The minimum atomic E-state index is -1.14. The number of nitrogens with one attached hydrogen (secondary N) is 1. The summed E-state index contributed by atoms with van der Waals surface area (Å²) >= 11 is 0. The van der Waals surface area contributed by atoms with Crippen molar-refractivity contribution in [3.8, 4) is 0 Å². The van der Waals surface area contributed by atoms with E-state index in [1.807, 2.05) is 0 Å². The highest BCUT2D eigenvalue weighted by Crippen LogP contribution is 2.32. The van der Waals surface area contributed by atoms with Gasteiger partial charge in [0, 0.05) is 6.42 Å². The Morgan fingerprint density at radius 2 is 0.970 bits per heavy atom. The Labute approximate surface area is 205 Å². The fourth-order valence-corrected chi connectivity index (χ4v) is 5.12. The third kappa shape index (κ3) is 15.5. The van der Waals surface area contributed by atoms with Crippen LogP contribution in [0.25, 0.3) is 0 Å². The fourth-order valence-electron chi connectivity index (χ4n) is 5.12. The lowest BCUT2D eigenvalue weighted by molar-refractivity contribution is -0.171. The molecule has 1 rings (SSSR count). The summed E-state index contributed by atoms with van der Waals surface area (Å²) in [5, 5.41) is 0. The molecule has 0 atom stereocenters. The van der Waals surface area contributed by atoms with Gasteiger partial charge < -0.3 is 4.74 Å². The predicted octanol–water partition coefficient (Wildman–Crippen LogP) is 8.86. The Hall–Kier alpha value is -1.06. The van der Waals surface area contributed by atoms with Crippen LogP contribution in [-0.4, -0.2) is 17.5 Å². The van der Waals surface area contributed by atoms with Crippen molar-refractivity contribution in [2.24, 2.45) is 0 Å². The molecule has 1 radical (unpaired) electrons. The number of ether oxygens (including phenoxy) is 1. The molecule has 1 aliphatic rings. The third-order valence-electron chi connectivity index (χ3n) is 7.37. The van der Waals surface area contributed by atoms with E-state index in [2.05, 4.69) is 6.92 Å². The average molecular weight is 465 g/mol. The normalized spacial score (nSPS) is 15.4. The monoisotopic (exact) mass is 464 g/mol. The smallest absolute Gasteiger partial charge is 0.306 e. The van der Waals surface area contributed by atoms with Gasteiger partial charge in [-0.2, -0.15) is 0 Å². The Balaban J connectivity index is 1.82. The molecule has 0 bridgehead atoms. The van der Waals surface area contributed by atoms with E-state index in [1.54, 1.807) is 0 Å². The van der Waals surface area contributed by atoms with Crippen LogP contribution in [0.2, 0.25) is 0 Å². The summed E-state index contributed by atoms with van der Waals surface area (Å²) in [6.07, 6.45) is 29.6. The van der Waals surface area contributed by atoms with Crippen molar-refractivity contribution in [3.63, 3.8) is 0 Å². The van der Waals surface area contributed by atoms with Gasteiger partial charge in [-0.3, -0.25) is 15.3 Å². The molecule has 0 saturated heterocycles. The SMILES string of the molecule is CCCCCCCCCCCCCCCCCCCCCC(=O)OC1(C([NH])=O)CCCCC1. The molecule has 0 heterocycles. The first-order chi connectivity index (χ1) is 16.1. The Kier molecular flexibility index (Phi) is 18.5. The minimum Gasteiger partial charge on any atom is -0.449 e.